The summed E-state index contributed by atoms with van der Waals surface area (Å²) in [6.07, 6.45) is 5.78. The van der Waals surface area contributed by atoms with Gasteiger partial charge in [0.2, 0.25) is 0 Å². The van der Waals surface area contributed by atoms with Gasteiger partial charge in [0, 0.05) is 31.9 Å². The lowest BCUT2D eigenvalue weighted by Crippen LogP contribution is -2.09. The van der Waals surface area contributed by atoms with Crippen molar-refractivity contribution in [2.75, 3.05) is 13.6 Å². The van der Waals surface area contributed by atoms with Crippen LogP contribution in [0, 0.1) is 0 Å². The number of aromatic nitrogens is 2. The smallest absolute Gasteiger partial charge is 0.0531 e. The molecule has 1 aromatic heterocycles. The fraction of sp³-hybridized carbons (Fsp3) is 0.556. The van der Waals surface area contributed by atoms with Gasteiger partial charge in [-0.2, -0.15) is 5.10 Å². The Morgan fingerprint density at radius 1 is 1.77 bits per heavy atom. The Balaban J connectivity index is 2.67. The highest BCUT2D eigenvalue weighted by Gasteiger charge is 2.04. The van der Waals surface area contributed by atoms with Crippen LogP contribution in [0.2, 0.25) is 0 Å². The molecule has 4 nitrogen and oxygen atoms in total. The first kappa shape index (κ1) is 9.92. The zero-order valence-electron chi connectivity index (χ0n) is 8.14. The maximum atomic E-state index is 5.42. The summed E-state index contributed by atoms with van der Waals surface area (Å²) in [5.74, 6) is 0.330. The molecule has 0 aliphatic heterocycles. The molecule has 1 aromatic rings. The van der Waals surface area contributed by atoms with Gasteiger partial charge in [-0.05, 0) is 5.56 Å². The Hall–Kier alpha value is -1.16. The lowest BCUT2D eigenvalue weighted by atomic mass is 10.1. The third kappa shape index (κ3) is 2.66. The molecule has 0 saturated heterocycles. The largest absolute Gasteiger partial charge is 0.329 e. The predicted molar refractivity (Wildman–Crippen MR) is 54.1 cm³/mol. The van der Waals surface area contributed by atoms with Gasteiger partial charge in [-0.3, -0.25) is 4.68 Å². The summed E-state index contributed by atoms with van der Waals surface area (Å²) >= 11 is 0. The summed E-state index contributed by atoms with van der Waals surface area (Å²) in [5.41, 5.74) is 6.60. The zero-order valence-corrected chi connectivity index (χ0v) is 8.14. The van der Waals surface area contributed by atoms with Crippen LogP contribution in [-0.2, 0) is 6.54 Å². The van der Waals surface area contributed by atoms with E-state index in [2.05, 4.69) is 17.0 Å². The average molecular weight is 180 g/mol. The van der Waals surface area contributed by atoms with Crippen LogP contribution in [-0.4, -0.2) is 29.6 Å². The van der Waals surface area contributed by atoms with Crippen LogP contribution >= 0.6 is 0 Å². The molecular formula is C9H16N4. The van der Waals surface area contributed by atoms with E-state index >= 15 is 0 Å². The van der Waals surface area contributed by atoms with E-state index in [1.807, 2.05) is 23.3 Å². The fourth-order valence-corrected chi connectivity index (χ4v) is 1.18. The molecule has 0 aliphatic carbocycles. The van der Waals surface area contributed by atoms with Gasteiger partial charge in [-0.1, -0.05) is 6.92 Å². The van der Waals surface area contributed by atoms with Crippen molar-refractivity contribution in [3.8, 4) is 0 Å². The molecule has 0 amide bonds. The van der Waals surface area contributed by atoms with E-state index in [1.54, 1.807) is 7.05 Å². The third-order valence-corrected chi connectivity index (χ3v) is 1.91. The second-order valence-electron chi connectivity index (χ2n) is 3.02. The lowest BCUT2D eigenvalue weighted by molar-refractivity contribution is 0.624. The Morgan fingerprint density at radius 3 is 3.15 bits per heavy atom. The minimum absolute atomic E-state index is 0.330. The number of hydrogen-bond donors (Lipinski definition) is 1. The van der Waals surface area contributed by atoms with Crippen LogP contribution in [0.5, 0.6) is 0 Å². The minimum atomic E-state index is 0.330. The molecule has 1 rings (SSSR count). The van der Waals surface area contributed by atoms with Gasteiger partial charge in [0.15, 0.2) is 0 Å². The molecule has 13 heavy (non-hydrogen) atoms. The van der Waals surface area contributed by atoms with E-state index in [0.29, 0.717) is 12.5 Å². The highest BCUT2D eigenvalue weighted by molar-refractivity contribution is 5.66. The van der Waals surface area contributed by atoms with Crippen molar-refractivity contribution < 1.29 is 0 Å². The second-order valence-corrected chi connectivity index (χ2v) is 3.02. The van der Waals surface area contributed by atoms with Gasteiger partial charge >= 0.3 is 0 Å². The van der Waals surface area contributed by atoms with Crippen LogP contribution in [0.25, 0.3) is 0 Å². The molecule has 0 bridgehead atoms. The van der Waals surface area contributed by atoms with Gasteiger partial charge in [0.1, 0.15) is 0 Å². The van der Waals surface area contributed by atoms with Crippen molar-refractivity contribution in [2.24, 2.45) is 10.7 Å². The van der Waals surface area contributed by atoms with E-state index in [1.165, 1.54) is 5.56 Å². The summed E-state index contributed by atoms with van der Waals surface area (Å²) in [4.78, 5) is 3.98. The van der Waals surface area contributed by atoms with E-state index in [4.69, 9.17) is 5.73 Å². The number of hydrogen-bond acceptors (Lipinski definition) is 3. The highest BCUT2D eigenvalue weighted by Crippen LogP contribution is 2.11. The van der Waals surface area contributed by atoms with Gasteiger partial charge in [-0.25, -0.2) is 0 Å². The molecule has 1 unspecified atom stereocenters. The van der Waals surface area contributed by atoms with Crippen LogP contribution in [0.4, 0.5) is 0 Å². The number of aliphatic imine (C=N–C) groups is 1. The normalized spacial score (nSPS) is 13.8. The van der Waals surface area contributed by atoms with Crippen LogP contribution < -0.4 is 5.73 Å². The average Bonchev–Trinajstić information content (AvgIpc) is 2.54. The maximum Gasteiger partial charge on any atom is 0.0531 e. The number of nitrogens with zero attached hydrogens (tertiary/aromatic N) is 3. The van der Waals surface area contributed by atoms with Crippen molar-refractivity contribution in [1.82, 2.24) is 9.78 Å². The molecule has 0 spiro atoms. The lowest BCUT2D eigenvalue weighted by Gasteiger charge is -1.99. The second kappa shape index (κ2) is 4.77. The van der Waals surface area contributed by atoms with E-state index in [9.17, 15) is 0 Å². The molecule has 0 aliphatic rings. The van der Waals surface area contributed by atoms with Gasteiger partial charge < -0.3 is 10.7 Å². The molecule has 0 saturated carbocycles. The summed E-state index contributed by atoms with van der Waals surface area (Å²) in [6, 6.07) is 0. The molecule has 72 valence electrons. The van der Waals surface area contributed by atoms with Crippen LogP contribution in [0.1, 0.15) is 18.4 Å². The standard InChI is InChI=1S/C9H16N4/c1-8(5-11-2)9-6-12-13(7-9)4-3-10/h5-8H,3-4,10H2,1-2H3/b11-5-. The van der Waals surface area contributed by atoms with Gasteiger partial charge in [0.25, 0.3) is 0 Å². The first-order valence-corrected chi connectivity index (χ1v) is 4.42. The van der Waals surface area contributed by atoms with Gasteiger partial charge in [0.05, 0.1) is 12.7 Å². The minimum Gasteiger partial charge on any atom is -0.329 e. The summed E-state index contributed by atoms with van der Waals surface area (Å²) < 4.78 is 1.86. The van der Waals surface area contributed by atoms with E-state index in [0.717, 1.165) is 6.54 Å². The summed E-state index contributed by atoms with van der Waals surface area (Å²) in [5, 5.41) is 4.18. The molecular weight excluding hydrogens is 164 g/mol. The molecule has 1 heterocycles. The SMILES string of the molecule is C/N=C\C(C)c1cnn(CCN)c1. The Bertz CT molecular complexity index is 277. The Kier molecular flexibility index (Phi) is 3.64. The van der Waals surface area contributed by atoms with Crippen molar-refractivity contribution in [1.29, 1.82) is 0 Å². The zero-order chi connectivity index (χ0) is 9.68. The molecule has 0 radical (unpaired) electrons. The number of rotatable bonds is 4. The van der Waals surface area contributed by atoms with Crippen molar-refractivity contribution in [3.05, 3.63) is 18.0 Å². The first-order valence-electron chi connectivity index (χ1n) is 4.42. The van der Waals surface area contributed by atoms with E-state index < -0.39 is 0 Å². The highest BCUT2D eigenvalue weighted by atomic mass is 15.3. The summed E-state index contributed by atoms with van der Waals surface area (Å²) in [6.45, 7) is 3.49. The molecule has 0 aromatic carbocycles. The topological polar surface area (TPSA) is 56.2 Å². The Morgan fingerprint density at radius 2 is 2.54 bits per heavy atom. The number of nitrogens with two attached hydrogens (primary N) is 1. The summed E-state index contributed by atoms with van der Waals surface area (Å²) in [7, 11) is 1.78. The molecule has 0 fully saturated rings. The van der Waals surface area contributed by atoms with E-state index in [-0.39, 0.29) is 0 Å². The first-order chi connectivity index (χ1) is 6.27. The molecule has 2 N–H and O–H groups in total. The Labute approximate surface area is 78.5 Å². The van der Waals surface area contributed by atoms with Crippen molar-refractivity contribution in [3.63, 3.8) is 0 Å². The quantitative estimate of drug-likeness (QED) is 0.691. The molecule has 4 heteroatoms. The van der Waals surface area contributed by atoms with Crippen LogP contribution in [0.15, 0.2) is 17.4 Å². The molecule has 1 atom stereocenters. The van der Waals surface area contributed by atoms with Crippen molar-refractivity contribution in [2.45, 2.75) is 19.4 Å². The fourth-order valence-electron chi connectivity index (χ4n) is 1.18. The maximum absolute atomic E-state index is 5.42. The van der Waals surface area contributed by atoms with Crippen LogP contribution in [0.3, 0.4) is 0 Å². The predicted octanol–water partition coefficient (Wildman–Crippen LogP) is 0.646. The monoisotopic (exact) mass is 180 g/mol. The third-order valence-electron chi connectivity index (χ3n) is 1.91. The van der Waals surface area contributed by atoms with Crippen molar-refractivity contribution >= 4 is 6.21 Å². The van der Waals surface area contributed by atoms with Gasteiger partial charge in [-0.15, -0.1) is 0 Å².